The minimum Gasteiger partial charge on any atom is -0.478 e. The number of carboxylic acids is 1. The highest BCUT2D eigenvalue weighted by Gasteiger charge is 2.12. The number of aromatic nitrogens is 2. The Morgan fingerprint density at radius 3 is 2.76 bits per heavy atom. The molecule has 104 valence electrons. The van der Waals surface area contributed by atoms with Crippen LogP contribution in [-0.2, 0) is 0 Å². The molecule has 1 heterocycles. The SMILES string of the molecule is Cc1c(Oc2ncc3ccccc3n2)cccc1C(=O)O. The number of nitrogens with zero attached hydrogens (tertiary/aromatic N) is 2. The summed E-state index contributed by atoms with van der Waals surface area (Å²) < 4.78 is 5.62. The highest BCUT2D eigenvalue weighted by Crippen LogP contribution is 2.26. The second kappa shape index (κ2) is 5.20. The quantitative estimate of drug-likeness (QED) is 0.795. The van der Waals surface area contributed by atoms with E-state index in [1.807, 2.05) is 24.3 Å². The Balaban J connectivity index is 1.98. The number of ether oxygens (including phenoxy) is 1. The molecule has 0 unspecified atom stereocenters. The lowest BCUT2D eigenvalue weighted by Crippen LogP contribution is -2.01. The number of fused-ring (bicyclic) bond motifs is 1. The molecule has 2 aromatic carbocycles. The van der Waals surface area contributed by atoms with Gasteiger partial charge in [0, 0.05) is 17.1 Å². The molecule has 0 atom stereocenters. The topological polar surface area (TPSA) is 72.3 Å². The smallest absolute Gasteiger partial charge is 0.336 e. The Morgan fingerprint density at radius 2 is 1.95 bits per heavy atom. The maximum absolute atomic E-state index is 11.1. The number of carbonyl (C=O) groups is 1. The summed E-state index contributed by atoms with van der Waals surface area (Å²) in [5.74, 6) is -0.553. The van der Waals surface area contributed by atoms with E-state index >= 15 is 0 Å². The Hall–Kier alpha value is -2.95. The summed E-state index contributed by atoms with van der Waals surface area (Å²) in [6, 6.07) is 12.6. The maximum atomic E-state index is 11.1. The highest BCUT2D eigenvalue weighted by molar-refractivity contribution is 5.90. The van der Waals surface area contributed by atoms with Crippen LogP contribution in [0.3, 0.4) is 0 Å². The third-order valence-corrected chi connectivity index (χ3v) is 3.18. The predicted molar refractivity (Wildman–Crippen MR) is 77.8 cm³/mol. The van der Waals surface area contributed by atoms with Crippen molar-refractivity contribution in [1.82, 2.24) is 9.97 Å². The minimum absolute atomic E-state index is 0.194. The number of carboxylic acid groups (broad SMARTS) is 1. The molecule has 1 aromatic heterocycles. The van der Waals surface area contributed by atoms with E-state index in [1.165, 1.54) is 6.07 Å². The van der Waals surface area contributed by atoms with Crippen LogP contribution in [0.2, 0.25) is 0 Å². The van der Waals surface area contributed by atoms with Gasteiger partial charge in [-0.3, -0.25) is 0 Å². The van der Waals surface area contributed by atoms with Crippen LogP contribution in [0.5, 0.6) is 11.8 Å². The fourth-order valence-corrected chi connectivity index (χ4v) is 2.06. The number of rotatable bonds is 3. The van der Waals surface area contributed by atoms with Gasteiger partial charge in [-0.25, -0.2) is 9.78 Å². The van der Waals surface area contributed by atoms with Gasteiger partial charge >= 0.3 is 12.0 Å². The molecule has 5 nitrogen and oxygen atoms in total. The number of aromatic carboxylic acids is 1. The summed E-state index contributed by atoms with van der Waals surface area (Å²) in [6.45, 7) is 1.69. The third kappa shape index (κ3) is 2.53. The molecule has 0 bridgehead atoms. The highest BCUT2D eigenvalue weighted by atomic mass is 16.5. The summed E-state index contributed by atoms with van der Waals surface area (Å²) in [7, 11) is 0. The van der Waals surface area contributed by atoms with E-state index in [0.717, 1.165) is 10.9 Å². The average Bonchev–Trinajstić information content (AvgIpc) is 2.49. The molecule has 0 aliphatic carbocycles. The van der Waals surface area contributed by atoms with Crippen LogP contribution in [0.4, 0.5) is 0 Å². The molecule has 21 heavy (non-hydrogen) atoms. The van der Waals surface area contributed by atoms with Crippen molar-refractivity contribution < 1.29 is 14.6 Å². The first-order valence-electron chi connectivity index (χ1n) is 6.38. The largest absolute Gasteiger partial charge is 0.478 e. The van der Waals surface area contributed by atoms with Gasteiger partial charge in [0.25, 0.3) is 0 Å². The molecule has 0 saturated carbocycles. The molecule has 0 fully saturated rings. The molecule has 3 aromatic rings. The van der Waals surface area contributed by atoms with Gasteiger partial charge in [0.2, 0.25) is 0 Å². The fraction of sp³-hybridized carbons (Fsp3) is 0.0625. The summed E-state index contributed by atoms with van der Waals surface area (Å²) in [4.78, 5) is 19.6. The van der Waals surface area contributed by atoms with Gasteiger partial charge in [0.15, 0.2) is 0 Å². The van der Waals surface area contributed by atoms with E-state index < -0.39 is 5.97 Å². The molecule has 0 aliphatic heterocycles. The van der Waals surface area contributed by atoms with Crippen molar-refractivity contribution in [2.45, 2.75) is 6.92 Å². The van der Waals surface area contributed by atoms with Crippen LogP contribution in [0.25, 0.3) is 10.9 Å². The van der Waals surface area contributed by atoms with Crippen LogP contribution in [0, 0.1) is 6.92 Å². The standard InChI is InChI=1S/C16H12N2O3/c1-10-12(15(19)20)6-4-8-14(10)21-16-17-9-11-5-2-3-7-13(11)18-16/h2-9H,1H3,(H,19,20). The van der Waals surface area contributed by atoms with Gasteiger partial charge in [-0.15, -0.1) is 0 Å². The molecule has 0 amide bonds. The normalized spacial score (nSPS) is 10.5. The lowest BCUT2D eigenvalue weighted by molar-refractivity contribution is 0.0695. The van der Waals surface area contributed by atoms with Gasteiger partial charge < -0.3 is 9.84 Å². The van der Waals surface area contributed by atoms with E-state index in [1.54, 1.807) is 25.3 Å². The Bertz CT molecular complexity index is 831. The summed E-state index contributed by atoms with van der Waals surface area (Å²) >= 11 is 0. The van der Waals surface area contributed by atoms with Crippen LogP contribution in [-0.4, -0.2) is 21.0 Å². The first kappa shape index (κ1) is 13.1. The van der Waals surface area contributed by atoms with Crippen molar-refractivity contribution in [2.24, 2.45) is 0 Å². The number of benzene rings is 2. The van der Waals surface area contributed by atoms with Crippen molar-refractivity contribution in [3.8, 4) is 11.8 Å². The molecule has 0 radical (unpaired) electrons. The van der Waals surface area contributed by atoms with Crippen molar-refractivity contribution in [3.63, 3.8) is 0 Å². The van der Waals surface area contributed by atoms with Crippen LogP contribution in [0.15, 0.2) is 48.7 Å². The number of hydrogen-bond acceptors (Lipinski definition) is 4. The lowest BCUT2D eigenvalue weighted by Gasteiger charge is -2.09. The van der Waals surface area contributed by atoms with Gasteiger partial charge in [0.05, 0.1) is 11.1 Å². The monoisotopic (exact) mass is 280 g/mol. The minimum atomic E-state index is -0.989. The molecule has 5 heteroatoms. The van der Waals surface area contributed by atoms with E-state index in [9.17, 15) is 4.79 Å². The zero-order chi connectivity index (χ0) is 14.8. The maximum Gasteiger partial charge on any atom is 0.336 e. The van der Waals surface area contributed by atoms with E-state index in [-0.39, 0.29) is 11.6 Å². The van der Waals surface area contributed by atoms with Crippen molar-refractivity contribution in [1.29, 1.82) is 0 Å². The van der Waals surface area contributed by atoms with Gasteiger partial charge in [-0.2, -0.15) is 4.98 Å². The van der Waals surface area contributed by atoms with Crippen molar-refractivity contribution in [3.05, 3.63) is 59.8 Å². The molecule has 0 saturated heterocycles. The Kier molecular flexibility index (Phi) is 3.23. The summed E-state index contributed by atoms with van der Waals surface area (Å²) in [6.07, 6.45) is 1.67. The number of hydrogen-bond donors (Lipinski definition) is 1. The van der Waals surface area contributed by atoms with Crippen molar-refractivity contribution >= 4 is 16.9 Å². The van der Waals surface area contributed by atoms with Gasteiger partial charge in [-0.05, 0) is 25.1 Å². The van der Waals surface area contributed by atoms with E-state index in [4.69, 9.17) is 9.84 Å². The van der Waals surface area contributed by atoms with Gasteiger partial charge in [0.1, 0.15) is 5.75 Å². The predicted octanol–water partition coefficient (Wildman–Crippen LogP) is 3.43. The lowest BCUT2D eigenvalue weighted by atomic mass is 10.1. The molecule has 0 aliphatic rings. The van der Waals surface area contributed by atoms with Crippen molar-refractivity contribution in [2.75, 3.05) is 0 Å². The summed E-state index contributed by atoms with van der Waals surface area (Å²) in [5, 5.41) is 10.0. The summed E-state index contributed by atoms with van der Waals surface area (Å²) in [5.41, 5.74) is 1.52. The van der Waals surface area contributed by atoms with E-state index in [0.29, 0.717) is 11.3 Å². The Morgan fingerprint density at radius 1 is 1.14 bits per heavy atom. The molecule has 3 rings (SSSR count). The second-order valence-corrected chi connectivity index (χ2v) is 4.55. The molecular weight excluding hydrogens is 268 g/mol. The molecule has 0 spiro atoms. The average molecular weight is 280 g/mol. The van der Waals surface area contributed by atoms with Crippen LogP contribution in [0.1, 0.15) is 15.9 Å². The Labute approximate surface area is 120 Å². The second-order valence-electron chi connectivity index (χ2n) is 4.55. The fourth-order valence-electron chi connectivity index (χ4n) is 2.06. The molecular formula is C16H12N2O3. The number of para-hydroxylation sites is 1. The van der Waals surface area contributed by atoms with Gasteiger partial charge in [-0.1, -0.05) is 24.3 Å². The third-order valence-electron chi connectivity index (χ3n) is 3.18. The van der Waals surface area contributed by atoms with Crippen LogP contribution < -0.4 is 4.74 Å². The van der Waals surface area contributed by atoms with Crippen LogP contribution >= 0.6 is 0 Å². The zero-order valence-electron chi connectivity index (χ0n) is 11.3. The zero-order valence-corrected chi connectivity index (χ0v) is 11.3. The molecule has 1 N–H and O–H groups in total. The van der Waals surface area contributed by atoms with E-state index in [2.05, 4.69) is 9.97 Å². The first-order chi connectivity index (χ1) is 10.1. The first-order valence-corrected chi connectivity index (χ1v) is 6.38.